The third-order valence-electron chi connectivity index (χ3n) is 2.81. The van der Waals surface area contributed by atoms with Gasteiger partial charge in [0.2, 0.25) is 0 Å². The largest absolute Gasteiger partial charge is 0.347 e. The average Bonchev–Trinajstić information content (AvgIpc) is 2.64. The van der Waals surface area contributed by atoms with E-state index in [2.05, 4.69) is 17.1 Å². The quantitative estimate of drug-likeness (QED) is 0.833. The van der Waals surface area contributed by atoms with Crippen molar-refractivity contribution in [1.82, 2.24) is 14.8 Å². The van der Waals surface area contributed by atoms with Crippen LogP contribution in [0.15, 0.2) is 23.0 Å². The van der Waals surface area contributed by atoms with Crippen molar-refractivity contribution in [3.05, 3.63) is 45.6 Å². The van der Waals surface area contributed by atoms with E-state index in [0.29, 0.717) is 0 Å². The van der Waals surface area contributed by atoms with Gasteiger partial charge in [0.25, 0.3) is 0 Å². The Kier molecular flexibility index (Phi) is 2.64. The van der Waals surface area contributed by atoms with E-state index in [1.165, 1.54) is 11.1 Å². The van der Waals surface area contributed by atoms with Crippen molar-refractivity contribution in [2.24, 2.45) is 0 Å². The fourth-order valence-electron chi connectivity index (χ4n) is 1.70. The molecule has 0 saturated carbocycles. The third-order valence-corrected chi connectivity index (χ3v) is 2.81. The Morgan fingerprint density at radius 3 is 2.69 bits per heavy atom. The normalized spacial score (nSPS) is 10.7. The first-order chi connectivity index (χ1) is 7.63. The molecule has 1 aromatic carbocycles. The summed E-state index contributed by atoms with van der Waals surface area (Å²) in [5.74, 6) is 0.758. The number of rotatable bonds is 2. The summed E-state index contributed by atoms with van der Waals surface area (Å²) in [5, 5.41) is 6.47. The Balaban J connectivity index is 2.62. The highest BCUT2D eigenvalue weighted by Crippen LogP contribution is 2.13. The first kappa shape index (κ1) is 10.7. The zero-order valence-corrected chi connectivity index (χ0v) is 9.74. The van der Waals surface area contributed by atoms with Crippen LogP contribution in [0.4, 0.5) is 0 Å². The predicted octanol–water partition coefficient (Wildman–Crippen LogP) is 1.74. The van der Waals surface area contributed by atoms with E-state index in [0.717, 1.165) is 17.9 Å². The molecule has 0 unspecified atom stereocenters. The van der Waals surface area contributed by atoms with E-state index in [4.69, 9.17) is 0 Å². The number of hydrogen-bond donors (Lipinski definition) is 1. The number of aromatic amines is 1. The molecule has 1 aromatic heterocycles. The van der Waals surface area contributed by atoms with Crippen LogP contribution < -0.4 is 5.69 Å². The van der Waals surface area contributed by atoms with E-state index in [1.54, 1.807) is 4.57 Å². The Morgan fingerprint density at radius 1 is 1.31 bits per heavy atom. The van der Waals surface area contributed by atoms with Crippen LogP contribution in [0, 0.1) is 13.8 Å². The molecule has 0 spiro atoms. The van der Waals surface area contributed by atoms with E-state index < -0.39 is 0 Å². The number of hydrogen-bond acceptors (Lipinski definition) is 2. The first-order valence-corrected chi connectivity index (χ1v) is 5.37. The fourth-order valence-corrected chi connectivity index (χ4v) is 1.70. The van der Waals surface area contributed by atoms with Gasteiger partial charge in [0.15, 0.2) is 0 Å². The Bertz CT molecular complexity index is 566. The minimum Gasteiger partial charge on any atom is -0.247 e. The second-order valence-electron chi connectivity index (χ2n) is 3.90. The van der Waals surface area contributed by atoms with Crippen LogP contribution in [0.1, 0.15) is 23.9 Å². The maximum absolute atomic E-state index is 11.6. The maximum atomic E-state index is 11.6. The number of nitrogens with one attached hydrogen (secondary N) is 1. The molecule has 1 N–H and O–H groups in total. The van der Waals surface area contributed by atoms with Gasteiger partial charge in [-0.1, -0.05) is 13.0 Å². The van der Waals surface area contributed by atoms with Gasteiger partial charge in [0, 0.05) is 6.42 Å². The lowest BCUT2D eigenvalue weighted by molar-refractivity contribution is 0.871. The Morgan fingerprint density at radius 2 is 2.06 bits per heavy atom. The van der Waals surface area contributed by atoms with Gasteiger partial charge in [0.05, 0.1) is 5.69 Å². The van der Waals surface area contributed by atoms with Crippen LogP contribution in [0.5, 0.6) is 0 Å². The fraction of sp³-hybridized carbons (Fsp3) is 0.333. The highest BCUT2D eigenvalue weighted by molar-refractivity contribution is 5.40. The summed E-state index contributed by atoms with van der Waals surface area (Å²) in [6.07, 6.45) is 0.728. The van der Waals surface area contributed by atoms with Crippen LogP contribution in [0.3, 0.4) is 0 Å². The van der Waals surface area contributed by atoms with Gasteiger partial charge < -0.3 is 0 Å². The zero-order chi connectivity index (χ0) is 11.7. The monoisotopic (exact) mass is 217 g/mol. The molecule has 0 atom stereocenters. The van der Waals surface area contributed by atoms with Crippen molar-refractivity contribution < 1.29 is 0 Å². The molecular weight excluding hydrogens is 202 g/mol. The van der Waals surface area contributed by atoms with Crippen molar-refractivity contribution in [3.8, 4) is 5.69 Å². The summed E-state index contributed by atoms with van der Waals surface area (Å²) in [7, 11) is 0. The molecule has 84 valence electrons. The minimum absolute atomic E-state index is 0.180. The Hall–Kier alpha value is -1.84. The van der Waals surface area contributed by atoms with Crippen molar-refractivity contribution in [2.45, 2.75) is 27.2 Å². The average molecular weight is 217 g/mol. The standard InChI is InChI=1S/C12H15N3O/c1-4-11-13-14-12(16)15(11)10-6-5-8(2)9(3)7-10/h5-7H,4H2,1-3H3,(H,14,16). The molecular formula is C12H15N3O. The Labute approximate surface area is 93.9 Å². The second kappa shape index (κ2) is 3.96. The summed E-state index contributed by atoms with van der Waals surface area (Å²) in [4.78, 5) is 11.6. The lowest BCUT2D eigenvalue weighted by atomic mass is 10.1. The van der Waals surface area contributed by atoms with Crippen molar-refractivity contribution in [1.29, 1.82) is 0 Å². The molecule has 2 rings (SSSR count). The molecule has 0 bridgehead atoms. The molecule has 2 aromatic rings. The molecule has 0 amide bonds. The molecule has 0 aliphatic carbocycles. The summed E-state index contributed by atoms with van der Waals surface area (Å²) in [6, 6.07) is 5.97. The molecule has 0 saturated heterocycles. The summed E-state index contributed by atoms with van der Waals surface area (Å²) in [6.45, 7) is 6.07. The van der Waals surface area contributed by atoms with Crippen LogP contribution in [-0.4, -0.2) is 14.8 Å². The summed E-state index contributed by atoms with van der Waals surface area (Å²) in [5.41, 5.74) is 3.09. The van der Waals surface area contributed by atoms with E-state index >= 15 is 0 Å². The smallest absolute Gasteiger partial charge is 0.247 e. The lowest BCUT2D eigenvalue weighted by Gasteiger charge is -2.06. The molecule has 4 nitrogen and oxygen atoms in total. The van der Waals surface area contributed by atoms with Gasteiger partial charge in [-0.05, 0) is 37.1 Å². The first-order valence-electron chi connectivity index (χ1n) is 5.37. The number of nitrogens with zero attached hydrogens (tertiary/aromatic N) is 2. The van der Waals surface area contributed by atoms with E-state index in [1.807, 2.05) is 32.0 Å². The minimum atomic E-state index is -0.180. The molecule has 4 heteroatoms. The number of benzene rings is 1. The van der Waals surface area contributed by atoms with Gasteiger partial charge >= 0.3 is 5.69 Å². The van der Waals surface area contributed by atoms with Crippen LogP contribution in [0.25, 0.3) is 5.69 Å². The molecule has 0 aliphatic rings. The van der Waals surface area contributed by atoms with Gasteiger partial charge in [-0.15, -0.1) is 0 Å². The molecule has 0 radical (unpaired) electrons. The molecule has 0 aliphatic heterocycles. The molecule has 16 heavy (non-hydrogen) atoms. The van der Waals surface area contributed by atoms with Gasteiger partial charge in [0.1, 0.15) is 5.82 Å². The maximum Gasteiger partial charge on any atom is 0.347 e. The zero-order valence-electron chi connectivity index (χ0n) is 9.74. The highest BCUT2D eigenvalue weighted by atomic mass is 16.1. The lowest BCUT2D eigenvalue weighted by Crippen LogP contribution is -2.16. The SMILES string of the molecule is CCc1n[nH]c(=O)n1-c1ccc(C)c(C)c1. The van der Waals surface area contributed by atoms with Crippen LogP contribution >= 0.6 is 0 Å². The summed E-state index contributed by atoms with van der Waals surface area (Å²) < 4.78 is 1.62. The van der Waals surface area contributed by atoms with Gasteiger partial charge in [-0.2, -0.15) is 5.10 Å². The van der Waals surface area contributed by atoms with Crippen LogP contribution in [-0.2, 0) is 6.42 Å². The van der Waals surface area contributed by atoms with Crippen LogP contribution in [0.2, 0.25) is 0 Å². The molecule has 0 fully saturated rings. The number of aryl methyl sites for hydroxylation is 3. The van der Waals surface area contributed by atoms with Crippen molar-refractivity contribution in [3.63, 3.8) is 0 Å². The predicted molar refractivity (Wildman–Crippen MR) is 63.0 cm³/mol. The molecule has 1 heterocycles. The van der Waals surface area contributed by atoms with E-state index in [9.17, 15) is 4.79 Å². The topological polar surface area (TPSA) is 50.7 Å². The van der Waals surface area contributed by atoms with Gasteiger partial charge in [-0.3, -0.25) is 0 Å². The second-order valence-corrected chi connectivity index (χ2v) is 3.90. The summed E-state index contributed by atoms with van der Waals surface area (Å²) >= 11 is 0. The highest BCUT2D eigenvalue weighted by Gasteiger charge is 2.08. The van der Waals surface area contributed by atoms with Crippen molar-refractivity contribution in [2.75, 3.05) is 0 Å². The van der Waals surface area contributed by atoms with E-state index in [-0.39, 0.29) is 5.69 Å². The number of aromatic nitrogens is 3. The van der Waals surface area contributed by atoms with Crippen molar-refractivity contribution >= 4 is 0 Å². The van der Waals surface area contributed by atoms with Gasteiger partial charge in [-0.25, -0.2) is 14.5 Å². The third kappa shape index (κ3) is 1.66. The number of H-pyrrole nitrogens is 1.